The molecule has 0 unspecified atom stereocenters. The Bertz CT molecular complexity index is 1250. The predicted molar refractivity (Wildman–Crippen MR) is 145 cm³/mol. The van der Waals surface area contributed by atoms with Crippen LogP contribution in [0.4, 0.5) is 10.2 Å². The number of imidazole rings is 1. The fourth-order valence-corrected chi connectivity index (χ4v) is 6.70. The largest absolute Gasteiger partial charge is 0.467 e. The van der Waals surface area contributed by atoms with Gasteiger partial charge in [0.15, 0.2) is 12.6 Å². The van der Waals surface area contributed by atoms with Crippen LogP contribution < -0.4 is 9.64 Å². The Balaban J connectivity index is 1.41. The molecular formula is C27H36BFN6O3. The number of piperidine rings is 2. The zero-order valence-electron chi connectivity index (χ0n) is 22.7. The Morgan fingerprint density at radius 3 is 2.68 bits per heavy atom. The first kappa shape index (κ1) is 26.6. The average molecular weight is 522 g/mol. The van der Waals surface area contributed by atoms with Crippen LogP contribution in [0.15, 0.2) is 49.1 Å². The van der Waals surface area contributed by atoms with E-state index in [2.05, 4.69) is 22.1 Å². The lowest BCUT2D eigenvalue weighted by Crippen LogP contribution is -2.76. The summed E-state index contributed by atoms with van der Waals surface area (Å²) < 4.78 is 29.1. The number of methoxy groups -OCH3 is 1. The van der Waals surface area contributed by atoms with Crippen LogP contribution in [-0.2, 0) is 4.74 Å². The molecule has 0 amide bonds. The molecule has 0 radical (unpaired) electrons. The van der Waals surface area contributed by atoms with Crippen molar-refractivity contribution in [3.8, 4) is 22.7 Å². The average Bonchev–Trinajstić information content (AvgIpc) is 3.44. The van der Waals surface area contributed by atoms with E-state index in [0.29, 0.717) is 30.1 Å². The molecule has 5 rings (SSSR count). The van der Waals surface area contributed by atoms with E-state index in [1.165, 1.54) is 0 Å². The van der Waals surface area contributed by atoms with Gasteiger partial charge < -0.3 is 28.8 Å². The van der Waals surface area contributed by atoms with Crippen LogP contribution >= 0.6 is 0 Å². The lowest BCUT2D eigenvalue weighted by molar-refractivity contribution is -0.0896. The Morgan fingerprint density at radius 1 is 1.21 bits per heavy atom. The fraction of sp³-hybridized carbons (Fsp3) is 0.519. The standard InChI is InChI=1S/C27H36BFN6O3/c1-26-11-6-12-27(2,35(26)28(3)36)25(29)22(16-26)33(4)24-10-9-21(31-32-24)20-8-7-19(34-14-13-30-17-34)15-23(20)38-18-37-5/h7-10,13-15,17,22,25,36H,6,11-12,16,18H2,1-5H3/t22-,25-,26-,27+/m0/s1. The molecule has 0 spiro atoms. The number of nitrogens with zero attached hydrogens (tertiary/aromatic N) is 6. The van der Waals surface area contributed by atoms with E-state index in [1.54, 1.807) is 26.5 Å². The van der Waals surface area contributed by atoms with Gasteiger partial charge in [0.05, 0.1) is 23.8 Å². The fourth-order valence-electron chi connectivity index (χ4n) is 6.70. The Morgan fingerprint density at radius 2 is 2.03 bits per heavy atom. The highest BCUT2D eigenvalue weighted by Crippen LogP contribution is 2.50. The maximum absolute atomic E-state index is 16.2. The Kier molecular flexibility index (Phi) is 7.19. The number of alkyl halides is 1. The quantitative estimate of drug-likeness (QED) is 0.351. The number of anilines is 1. The number of rotatable bonds is 8. The first-order valence-electron chi connectivity index (χ1n) is 13.1. The van der Waals surface area contributed by atoms with Gasteiger partial charge in [-0.15, -0.1) is 10.2 Å². The van der Waals surface area contributed by atoms with Crippen LogP contribution in [0.1, 0.15) is 39.5 Å². The highest BCUT2D eigenvalue weighted by atomic mass is 19.1. The minimum Gasteiger partial charge on any atom is -0.467 e. The molecule has 0 saturated carbocycles. The first-order chi connectivity index (χ1) is 18.2. The molecule has 2 aliphatic heterocycles. The molecule has 2 fully saturated rings. The van der Waals surface area contributed by atoms with Gasteiger partial charge in [-0.25, -0.2) is 9.37 Å². The Labute approximate surface area is 223 Å². The number of fused-ring (bicyclic) bond motifs is 2. The number of benzene rings is 1. The van der Waals surface area contributed by atoms with Crippen molar-refractivity contribution in [3.63, 3.8) is 0 Å². The van der Waals surface area contributed by atoms with Gasteiger partial charge in [0.25, 0.3) is 0 Å². The summed E-state index contributed by atoms with van der Waals surface area (Å²) in [5.41, 5.74) is 1.28. The molecule has 202 valence electrons. The van der Waals surface area contributed by atoms with E-state index >= 15 is 4.39 Å². The normalized spacial score (nSPS) is 27.2. The first-order valence-corrected chi connectivity index (χ1v) is 13.1. The van der Waals surface area contributed by atoms with Crippen molar-refractivity contribution in [1.29, 1.82) is 0 Å². The summed E-state index contributed by atoms with van der Waals surface area (Å²) in [5, 5.41) is 19.6. The van der Waals surface area contributed by atoms with Crippen LogP contribution in [0.25, 0.3) is 16.9 Å². The van der Waals surface area contributed by atoms with Crippen molar-refractivity contribution in [1.82, 2.24) is 24.6 Å². The molecule has 4 atom stereocenters. The molecule has 3 aromatic rings. The zero-order valence-corrected chi connectivity index (χ0v) is 22.7. The molecule has 9 nitrogen and oxygen atoms in total. The van der Waals surface area contributed by atoms with Crippen molar-refractivity contribution < 1.29 is 18.9 Å². The number of hydrogen-bond donors (Lipinski definition) is 1. The molecule has 11 heteroatoms. The maximum Gasteiger partial charge on any atom is 0.377 e. The van der Waals surface area contributed by atoms with Crippen molar-refractivity contribution in [2.45, 2.75) is 69.6 Å². The summed E-state index contributed by atoms with van der Waals surface area (Å²) >= 11 is 0. The highest BCUT2D eigenvalue weighted by molar-refractivity contribution is 6.45. The third-order valence-electron chi connectivity index (χ3n) is 8.37. The molecule has 0 aliphatic carbocycles. The van der Waals surface area contributed by atoms with E-state index in [9.17, 15) is 5.02 Å². The molecular weight excluding hydrogens is 486 g/mol. The van der Waals surface area contributed by atoms with Gasteiger partial charge >= 0.3 is 7.05 Å². The van der Waals surface area contributed by atoms with E-state index in [4.69, 9.17) is 9.47 Å². The van der Waals surface area contributed by atoms with E-state index in [0.717, 1.165) is 24.1 Å². The maximum atomic E-state index is 16.2. The Hall–Kier alpha value is -3.02. The lowest BCUT2D eigenvalue weighted by atomic mass is 9.59. The summed E-state index contributed by atoms with van der Waals surface area (Å²) in [4.78, 5) is 8.02. The summed E-state index contributed by atoms with van der Waals surface area (Å²) in [6.45, 7) is 5.93. The van der Waals surface area contributed by atoms with Crippen LogP contribution in [0.5, 0.6) is 5.75 Å². The summed E-state index contributed by atoms with van der Waals surface area (Å²) in [7, 11) is 2.75. The van der Waals surface area contributed by atoms with Crippen LogP contribution in [0, 0.1) is 0 Å². The second kappa shape index (κ2) is 10.3. The molecule has 38 heavy (non-hydrogen) atoms. The predicted octanol–water partition coefficient (Wildman–Crippen LogP) is 3.97. The van der Waals surface area contributed by atoms with E-state index in [-0.39, 0.29) is 18.4 Å². The molecule has 1 aromatic carbocycles. The minimum atomic E-state index is -1.15. The van der Waals surface area contributed by atoms with Crippen molar-refractivity contribution in [2.24, 2.45) is 0 Å². The smallest absolute Gasteiger partial charge is 0.377 e. The summed E-state index contributed by atoms with van der Waals surface area (Å²) in [5.74, 6) is 1.21. The van der Waals surface area contributed by atoms with Crippen LogP contribution in [0.3, 0.4) is 0 Å². The summed E-state index contributed by atoms with van der Waals surface area (Å²) in [6.07, 6.45) is 7.33. The second-order valence-electron chi connectivity index (χ2n) is 11.0. The molecule has 2 aliphatic rings. The SMILES string of the molecule is COCOc1cc(-n2ccnc2)ccc1-c1ccc(N(C)[C@H]2C[C@]3(C)CCC[C@](C)([C@H]2F)N3B(C)O)nn1. The van der Waals surface area contributed by atoms with Gasteiger partial charge in [-0.1, -0.05) is 0 Å². The molecule has 4 heterocycles. The number of halogens is 1. The highest BCUT2D eigenvalue weighted by Gasteiger charge is 2.60. The number of hydrogen-bond acceptors (Lipinski definition) is 8. The topological polar surface area (TPSA) is 88.8 Å². The minimum absolute atomic E-state index is 0.0925. The van der Waals surface area contributed by atoms with Gasteiger partial charge in [0, 0.05) is 49.3 Å². The number of aromatic nitrogens is 4. The third kappa shape index (κ3) is 4.56. The molecule has 1 N–H and O–H groups in total. The van der Waals surface area contributed by atoms with Gasteiger partial charge in [0.1, 0.15) is 11.9 Å². The van der Waals surface area contributed by atoms with Crippen molar-refractivity contribution in [2.75, 3.05) is 25.9 Å². The van der Waals surface area contributed by atoms with E-state index < -0.39 is 18.8 Å². The van der Waals surface area contributed by atoms with Crippen LogP contribution in [0.2, 0.25) is 6.82 Å². The van der Waals surface area contributed by atoms with E-state index in [1.807, 2.05) is 64.8 Å². The van der Waals surface area contributed by atoms with Gasteiger partial charge in [-0.05, 0) is 70.6 Å². The van der Waals surface area contributed by atoms with Gasteiger partial charge in [-0.2, -0.15) is 0 Å². The third-order valence-corrected chi connectivity index (χ3v) is 8.37. The van der Waals surface area contributed by atoms with Crippen molar-refractivity contribution >= 4 is 12.9 Å². The summed E-state index contributed by atoms with van der Waals surface area (Å²) in [6, 6.07) is 9.17. The molecule has 2 saturated heterocycles. The van der Waals surface area contributed by atoms with Gasteiger partial charge in [0.2, 0.25) is 0 Å². The number of ether oxygens (including phenoxy) is 2. The van der Waals surface area contributed by atoms with Gasteiger partial charge in [-0.3, -0.25) is 0 Å². The van der Waals surface area contributed by atoms with Crippen molar-refractivity contribution in [3.05, 3.63) is 49.1 Å². The lowest BCUT2D eigenvalue weighted by Gasteiger charge is -2.64. The molecule has 2 bridgehead atoms. The van der Waals surface area contributed by atoms with Crippen LogP contribution in [-0.4, -0.2) is 80.9 Å². The second-order valence-corrected chi connectivity index (χ2v) is 11.0. The zero-order chi connectivity index (χ0) is 27.1. The monoisotopic (exact) mass is 522 g/mol. The molecule has 2 aromatic heterocycles.